The van der Waals surface area contributed by atoms with Crippen LogP contribution >= 0.6 is 23.2 Å². The first kappa shape index (κ1) is 21.2. The van der Waals surface area contributed by atoms with Gasteiger partial charge < -0.3 is 9.88 Å². The average Bonchev–Trinajstić information content (AvgIpc) is 3.39. The normalized spacial score (nSPS) is 15.4. The molecule has 1 heterocycles. The molecule has 0 atom stereocenters. The number of nitrogens with zero attached hydrogens (tertiary/aromatic N) is 2. The fraction of sp³-hybridized carbons (Fsp3) is 0.400. The lowest BCUT2D eigenvalue weighted by atomic mass is 9.99. The number of urea groups is 1. The minimum atomic E-state index is -4.04. The number of anilines is 1. The molecule has 160 valence electrons. The van der Waals surface area contributed by atoms with Crippen LogP contribution in [0.4, 0.5) is 10.5 Å². The van der Waals surface area contributed by atoms with Gasteiger partial charge in [0.2, 0.25) is 0 Å². The molecule has 0 saturated heterocycles. The molecular formula is C20H22Cl2N4O3S. The Labute approximate surface area is 185 Å². The highest BCUT2D eigenvalue weighted by molar-refractivity contribution is 7.93. The SMILES string of the molecule is CCn1c(/C=C/S(=O)(=O)NC(=O)Nc2c3c(cc4c2CCC4)CCC3)nc(Cl)c1Cl. The van der Waals surface area contributed by atoms with Gasteiger partial charge in [-0.2, -0.15) is 0 Å². The largest absolute Gasteiger partial charge is 0.333 e. The Hall–Kier alpha value is -2.03. The van der Waals surface area contributed by atoms with Gasteiger partial charge >= 0.3 is 6.03 Å². The maximum absolute atomic E-state index is 12.5. The molecule has 0 spiro atoms. The highest BCUT2D eigenvalue weighted by atomic mass is 35.5. The third-order valence-corrected chi connectivity index (χ3v) is 7.26. The Kier molecular flexibility index (Phi) is 5.83. The molecule has 30 heavy (non-hydrogen) atoms. The maximum Gasteiger partial charge on any atom is 0.333 e. The number of halogens is 2. The van der Waals surface area contributed by atoms with Crippen molar-refractivity contribution in [3.05, 3.63) is 49.9 Å². The number of rotatable bonds is 5. The lowest BCUT2D eigenvalue weighted by Gasteiger charge is -2.16. The Bertz CT molecular complexity index is 1120. The Morgan fingerprint density at radius 1 is 1.17 bits per heavy atom. The van der Waals surface area contributed by atoms with E-state index < -0.39 is 16.1 Å². The lowest BCUT2D eigenvalue weighted by molar-refractivity contribution is 0.256. The van der Waals surface area contributed by atoms with Gasteiger partial charge in [-0.25, -0.2) is 22.9 Å². The van der Waals surface area contributed by atoms with Gasteiger partial charge in [-0.15, -0.1) is 0 Å². The summed E-state index contributed by atoms with van der Waals surface area (Å²) >= 11 is 11.9. The number of sulfonamides is 1. The highest BCUT2D eigenvalue weighted by Crippen LogP contribution is 2.38. The van der Waals surface area contributed by atoms with E-state index in [9.17, 15) is 13.2 Å². The number of aromatic nitrogens is 2. The summed E-state index contributed by atoms with van der Waals surface area (Å²) < 4.78 is 28.4. The van der Waals surface area contributed by atoms with E-state index in [1.807, 2.05) is 11.6 Å². The zero-order valence-corrected chi connectivity index (χ0v) is 18.8. The lowest BCUT2D eigenvalue weighted by Crippen LogP contribution is -2.33. The van der Waals surface area contributed by atoms with Gasteiger partial charge in [-0.1, -0.05) is 29.3 Å². The number of fused-ring (bicyclic) bond motifs is 2. The van der Waals surface area contributed by atoms with Gasteiger partial charge in [0.1, 0.15) is 11.0 Å². The van der Waals surface area contributed by atoms with Gasteiger partial charge in [0.25, 0.3) is 10.0 Å². The van der Waals surface area contributed by atoms with Crippen molar-refractivity contribution in [3.63, 3.8) is 0 Å². The molecule has 7 nitrogen and oxygen atoms in total. The van der Waals surface area contributed by atoms with Crippen LogP contribution in [0.15, 0.2) is 11.5 Å². The number of hydrogen-bond donors (Lipinski definition) is 2. The number of amides is 2. The standard InChI is InChI=1S/C20H22Cl2N4O3S/c1-2-26-16(23-18(21)19(26)22)9-10-30(28,29)25-20(27)24-17-14-7-3-5-12(14)11-13-6-4-8-15(13)17/h9-11H,2-8H2,1H3,(H2,24,25,27)/b10-9+. The third kappa shape index (κ3) is 4.08. The number of hydrogen-bond acceptors (Lipinski definition) is 4. The van der Waals surface area contributed by atoms with Crippen LogP contribution in [-0.4, -0.2) is 24.0 Å². The molecule has 1 aromatic carbocycles. The molecule has 0 unspecified atom stereocenters. The summed E-state index contributed by atoms with van der Waals surface area (Å²) in [7, 11) is -4.04. The Morgan fingerprint density at radius 3 is 2.40 bits per heavy atom. The van der Waals surface area contributed by atoms with Crippen LogP contribution in [0, 0.1) is 0 Å². The van der Waals surface area contributed by atoms with Gasteiger partial charge in [-0.05, 0) is 73.8 Å². The highest BCUT2D eigenvalue weighted by Gasteiger charge is 2.25. The molecule has 2 aliphatic carbocycles. The Balaban J connectivity index is 1.52. The molecule has 2 N–H and O–H groups in total. The van der Waals surface area contributed by atoms with Crippen LogP contribution in [0.5, 0.6) is 0 Å². The monoisotopic (exact) mass is 468 g/mol. The third-order valence-electron chi connectivity index (χ3n) is 5.56. The fourth-order valence-electron chi connectivity index (χ4n) is 4.27. The van der Waals surface area contributed by atoms with E-state index in [1.54, 1.807) is 4.57 Å². The van der Waals surface area contributed by atoms with Crippen molar-refractivity contribution in [2.75, 3.05) is 5.32 Å². The minimum absolute atomic E-state index is 0.0908. The molecule has 2 aliphatic rings. The van der Waals surface area contributed by atoms with Crippen molar-refractivity contribution in [2.24, 2.45) is 0 Å². The number of carbonyl (C=O) groups is 1. The number of imidazole rings is 1. The summed E-state index contributed by atoms with van der Waals surface area (Å²) in [5.41, 5.74) is 5.57. The van der Waals surface area contributed by atoms with Gasteiger partial charge in [-0.3, -0.25) is 0 Å². The second kappa shape index (κ2) is 8.24. The summed E-state index contributed by atoms with van der Waals surface area (Å²) in [5, 5.41) is 4.01. The average molecular weight is 469 g/mol. The van der Waals surface area contributed by atoms with Gasteiger partial charge in [0.15, 0.2) is 5.15 Å². The molecular weight excluding hydrogens is 447 g/mol. The van der Waals surface area contributed by atoms with Crippen molar-refractivity contribution >= 4 is 51.0 Å². The molecule has 2 amide bonds. The van der Waals surface area contributed by atoms with E-state index in [-0.39, 0.29) is 16.1 Å². The van der Waals surface area contributed by atoms with Crippen LogP contribution in [0.25, 0.3) is 6.08 Å². The van der Waals surface area contributed by atoms with E-state index in [0.29, 0.717) is 6.54 Å². The van der Waals surface area contributed by atoms with Crippen molar-refractivity contribution in [3.8, 4) is 0 Å². The van der Waals surface area contributed by atoms with E-state index in [2.05, 4.69) is 16.4 Å². The first-order valence-electron chi connectivity index (χ1n) is 9.89. The summed E-state index contributed by atoms with van der Waals surface area (Å²) in [6.45, 7) is 2.30. The predicted molar refractivity (Wildman–Crippen MR) is 119 cm³/mol. The first-order chi connectivity index (χ1) is 14.3. The van der Waals surface area contributed by atoms with Crippen molar-refractivity contribution < 1.29 is 13.2 Å². The number of benzene rings is 1. The number of aryl methyl sites for hydroxylation is 2. The zero-order valence-electron chi connectivity index (χ0n) is 16.5. The van der Waals surface area contributed by atoms with Crippen LogP contribution in [0.3, 0.4) is 0 Å². The molecule has 4 rings (SSSR count). The van der Waals surface area contributed by atoms with Crippen LogP contribution in [0.1, 0.15) is 47.8 Å². The maximum atomic E-state index is 12.5. The summed E-state index contributed by atoms with van der Waals surface area (Å²) in [4.78, 5) is 16.5. The van der Waals surface area contributed by atoms with Gasteiger partial charge in [0.05, 0.1) is 5.41 Å². The van der Waals surface area contributed by atoms with Crippen molar-refractivity contribution in [2.45, 2.75) is 52.0 Å². The van der Waals surface area contributed by atoms with E-state index >= 15 is 0 Å². The molecule has 0 aliphatic heterocycles. The van der Waals surface area contributed by atoms with E-state index in [4.69, 9.17) is 23.2 Å². The molecule has 10 heteroatoms. The van der Waals surface area contributed by atoms with Crippen LogP contribution in [0.2, 0.25) is 10.3 Å². The van der Waals surface area contributed by atoms with Crippen LogP contribution < -0.4 is 10.0 Å². The molecule has 2 aromatic rings. The second-order valence-corrected chi connectivity index (χ2v) is 9.72. The fourth-order valence-corrected chi connectivity index (χ4v) is 5.38. The summed E-state index contributed by atoms with van der Waals surface area (Å²) in [6.07, 6.45) is 7.13. The van der Waals surface area contributed by atoms with Gasteiger partial charge in [0, 0.05) is 12.2 Å². The predicted octanol–water partition coefficient (Wildman–Crippen LogP) is 4.31. The molecule has 0 bridgehead atoms. The number of carbonyl (C=O) groups excluding carboxylic acids is 1. The molecule has 0 saturated carbocycles. The topological polar surface area (TPSA) is 93.1 Å². The zero-order chi connectivity index (χ0) is 21.5. The smallest absolute Gasteiger partial charge is 0.315 e. The summed E-state index contributed by atoms with van der Waals surface area (Å²) in [5.74, 6) is 0.289. The Morgan fingerprint density at radius 2 is 1.80 bits per heavy atom. The van der Waals surface area contributed by atoms with Crippen LogP contribution in [-0.2, 0) is 42.3 Å². The van der Waals surface area contributed by atoms with E-state index in [1.165, 1.54) is 17.2 Å². The minimum Gasteiger partial charge on any atom is -0.315 e. The van der Waals surface area contributed by atoms with E-state index in [0.717, 1.165) is 60.7 Å². The molecule has 1 aromatic heterocycles. The summed E-state index contributed by atoms with van der Waals surface area (Å²) in [6, 6.07) is 1.48. The van der Waals surface area contributed by atoms with Crippen molar-refractivity contribution in [1.82, 2.24) is 14.3 Å². The van der Waals surface area contributed by atoms with Crippen molar-refractivity contribution in [1.29, 1.82) is 0 Å². The molecule has 0 fully saturated rings. The molecule has 0 radical (unpaired) electrons. The number of nitrogens with one attached hydrogen (secondary N) is 2. The first-order valence-corrected chi connectivity index (χ1v) is 12.2. The second-order valence-electron chi connectivity index (χ2n) is 7.43. The quantitative estimate of drug-likeness (QED) is 0.683.